The first-order valence-corrected chi connectivity index (χ1v) is 7.81. The molecule has 0 spiro atoms. The molecule has 6 nitrogen and oxygen atoms in total. The van der Waals surface area contributed by atoms with Gasteiger partial charge in [-0.15, -0.1) is 0 Å². The van der Waals surface area contributed by atoms with Crippen molar-refractivity contribution in [2.75, 3.05) is 52.4 Å². The van der Waals surface area contributed by atoms with Crippen LogP contribution in [-0.2, 0) is 9.59 Å². The molecule has 1 N–H and O–H groups in total. The second kappa shape index (κ2) is 8.36. The van der Waals surface area contributed by atoms with Crippen molar-refractivity contribution in [1.82, 2.24) is 9.80 Å². The summed E-state index contributed by atoms with van der Waals surface area (Å²) in [4.78, 5) is 32.2. The predicted octanol–water partition coefficient (Wildman–Crippen LogP) is -0.395. The lowest BCUT2D eigenvalue weighted by Crippen LogP contribution is -2.47. The summed E-state index contributed by atoms with van der Waals surface area (Å²) < 4.78 is 0. The van der Waals surface area contributed by atoms with Gasteiger partial charge in [-0.25, -0.2) is 0 Å². The summed E-state index contributed by atoms with van der Waals surface area (Å²) in [5.41, 5.74) is 0. The van der Waals surface area contributed by atoms with E-state index in [0.717, 1.165) is 39.3 Å². The van der Waals surface area contributed by atoms with Gasteiger partial charge in [0.15, 0.2) is 0 Å². The molecule has 1 saturated carbocycles. The molecular weight excluding hydrogens is 270 g/mol. The minimum absolute atomic E-state index is 0.0209. The van der Waals surface area contributed by atoms with Crippen LogP contribution in [0.2, 0.25) is 0 Å². The monoisotopic (exact) mass is 295 g/mol. The fourth-order valence-corrected chi connectivity index (χ4v) is 2.85. The molecule has 2 rings (SSSR count). The van der Waals surface area contributed by atoms with Gasteiger partial charge in [0.1, 0.15) is 17.5 Å². The van der Waals surface area contributed by atoms with Crippen molar-refractivity contribution < 1.29 is 14.7 Å². The lowest BCUT2D eigenvalue weighted by molar-refractivity contribution is -0.132. The highest BCUT2D eigenvalue weighted by atomic mass is 16.3. The molecule has 0 radical (unpaired) electrons. The van der Waals surface area contributed by atoms with Gasteiger partial charge in [0, 0.05) is 58.3 Å². The number of Topliss-reactive ketones (excluding diaryl/α,β-unsaturated/α-hetero) is 2. The van der Waals surface area contributed by atoms with Gasteiger partial charge in [-0.05, 0) is 6.42 Å². The minimum Gasteiger partial charge on any atom is -0.395 e. The number of rotatable bonds is 6. The van der Waals surface area contributed by atoms with Crippen LogP contribution in [0.25, 0.3) is 0 Å². The highest BCUT2D eigenvalue weighted by Gasteiger charge is 2.28. The largest absolute Gasteiger partial charge is 0.395 e. The summed E-state index contributed by atoms with van der Waals surface area (Å²) in [6.07, 6.45) is 3.27. The highest BCUT2D eigenvalue weighted by Crippen LogP contribution is 2.15. The Labute approximate surface area is 125 Å². The average Bonchev–Trinajstić information content (AvgIpc) is 2.48. The van der Waals surface area contributed by atoms with Crippen molar-refractivity contribution in [3.8, 4) is 0 Å². The SMILES string of the molecule is O=C1CCCC(=O)C1C=NCCN1CCN(CCO)CC1. The molecule has 1 saturated heterocycles. The zero-order chi connectivity index (χ0) is 15.1. The molecule has 0 atom stereocenters. The van der Waals surface area contributed by atoms with E-state index in [9.17, 15) is 9.59 Å². The van der Waals surface area contributed by atoms with Crippen LogP contribution < -0.4 is 0 Å². The van der Waals surface area contributed by atoms with Crippen molar-refractivity contribution in [3.05, 3.63) is 0 Å². The number of carbonyl (C=O) groups excluding carboxylic acids is 2. The average molecular weight is 295 g/mol. The van der Waals surface area contributed by atoms with Crippen molar-refractivity contribution in [3.63, 3.8) is 0 Å². The van der Waals surface area contributed by atoms with Crippen molar-refractivity contribution in [2.24, 2.45) is 10.9 Å². The summed E-state index contributed by atoms with van der Waals surface area (Å²) in [6.45, 7) is 6.38. The van der Waals surface area contributed by atoms with Crippen LogP contribution in [0.4, 0.5) is 0 Å². The number of nitrogens with zero attached hydrogens (tertiary/aromatic N) is 3. The molecule has 0 unspecified atom stereocenters. The maximum absolute atomic E-state index is 11.6. The van der Waals surface area contributed by atoms with Gasteiger partial charge in [0.25, 0.3) is 0 Å². The van der Waals surface area contributed by atoms with Crippen molar-refractivity contribution >= 4 is 17.8 Å². The number of hydrogen-bond acceptors (Lipinski definition) is 6. The Balaban J connectivity index is 1.66. The minimum atomic E-state index is -0.583. The Morgan fingerprint density at radius 3 is 2.19 bits per heavy atom. The molecule has 0 aromatic heterocycles. The van der Waals surface area contributed by atoms with Crippen molar-refractivity contribution in [2.45, 2.75) is 19.3 Å². The first-order chi connectivity index (χ1) is 10.2. The number of ketones is 2. The lowest BCUT2D eigenvalue weighted by atomic mass is 9.88. The highest BCUT2D eigenvalue weighted by molar-refractivity contribution is 6.15. The zero-order valence-electron chi connectivity index (χ0n) is 12.5. The predicted molar refractivity (Wildman–Crippen MR) is 80.7 cm³/mol. The van der Waals surface area contributed by atoms with Gasteiger partial charge in [-0.1, -0.05) is 0 Å². The number of carbonyl (C=O) groups is 2. The van der Waals surface area contributed by atoms with E-state index in [-0.39, 0.29) is 18.2 Å². The van der Waals surface area contributed by atoms with E-state index in [1.165, 1.54) is 0 Å². The number of piperazine rings is 1. The second-order valence-electron chi connectivity index (χ2n) is 5.73. The summed E-state index contributed by atoms with van der Waals surface area (Å²) in [6, 6.07) is 0. The fourth-order valence-electron chi connectivity index (χ4n) is 2.85. The van der Waals surface area contributed by atoms with Gasteiger partial charge in [-0.2, -0.15) is 0 Å². The third kappa shape index (κ3) is 4.98. The van der Waals surface area contributed by atoms with Crippen molar-refractivity contribution in [1.29, 1.82) is 0 Å². The maximum Gasteiger partial charge on any atom is 0.148 e. The molecule has 0 aromatic carbocycles. The lowest BCUT2D eigenvalue weighted by Gasteiger charge is -2.33. The second-order valence-corrected chi connectivity index (χ2v) is 5.73. The molecule has 2 aliphatic rings. The molecule has 0 aromatic rings. The maximum atomic E-state index is 11.6. The Hall–Kier alpha value is -1.11. The Bertz CT molecular complexity index is 374. The zero-order valence-corrected chi connectivity index (χ0v) is 12.5. The fraction of sp³-hybridized carbons (Fsp3) is 0.800. The molecule has 1 heterocycles. The van der Waals surface area contributed by atoms with E-state index >= 15 is 0 Å². The first kappa shape index (κ1) is 16.3. The van der Waals surface area contributed by atoms with E-state index in [1.54, 1.807) is 6.21 Å². The van der Waals surface area contributed by atoms with E-state index in [1.807, 2.05) is 0 Å². The van der Waals surface area contributed by atoms with E-state index in [0.29, 0.717) is 25.8 Å². The van der Waals surface area contributed by atoms with Crippen LogP contribution in [-0.4, -0.2) is 85.1 Å². The van der Waals surface area contributed by atoms with Gasteiger partial charge in [-0.3, -0.25) is 24.4 Å². The van der Waals surface area contributed by atoms with E-state index in [4.69, 9.17) is 5.11 Å². The van der Waals surface area contributed by atoms with Crippen LogP contribution >= 0.6 is 0 Å². The smallest absolute Gasteiger partial charge is 0.148 e. The number of aliphatic hydroxyl groups excluding tert-OH is 1. The molecule has 0 bridgehead atoms. The van der Waals surface area contributed by atoms with E-state index in [2.05, 4.69) is 14.8 Å². The first-order valence-electron chi connectivity index (χ1n) is 7.81. The third-order valence-corrected chi connectivity index (χ3v) is 4.22. The van der Waals surface area contributed by atoms with Crippen LogP contribution in [0.3, 0.4) is 0 Å². The number of hydrogen-bond donors (Lipinski definition) is 1. The summed E-state index contributed by atoms with van der Waals surface area (Å²) in [5.74, 6) is -0.541. The standard InChI is InChI=1S/C15H25N3O3/c19-11-10-18-8-6-17(7-9-18)5-4-16-12-13-14(20)2-1-3-15(13)21/h12-13,19H,1-11H2. The van der Waals surface area contributed by atoms with Crippen LogP contribution in [0.15, 0.2) is 4.99 Å². The van der Waals surface area contributed by atoms with Gasteiger partial charge < -0.3 is 5.11 Å². The normalized spacial score (nSPS) is 23.3. The molecule has 21 heavy (non-hydrogen) atoms. The van der Waals surface area contributed by atoms with Gasteiger partial charge >= 0.3 is 0 Å². The molecule has 1 aliphatic heterocycles. The Morgan fingerprint density at radius 1 is 1.05 bits per heavy atom. The van der Waals surface area contributed by atoms with Gasteiger partial charge in [0.2, 0.25) is 0 Å². The Morgan fingerprint density at radius 2 is 1.62 bits per heavy atom. The third-order valence-electron chi connectivity index (χ3n) is 4.22. The molecule has 6 heteroatoms. The number of aliphatic hydroxyl groups is 1. The molecular formula is C15H25N3O3. The molecule has 1 aliphatic carbocycles. The quantitative estimate of drug-likeness (QED) is 0.533. The number of β-amino-alcohol motifs (C(OH)–C–C–N with tert-alkyl or cyclic N) is 1. The van der Waals surface area contributed by atoms with Crippen LogP contribution in [0.1, 0.15) is 19.3 Å². The molecule has 118 valence electrons. The van der Waals surface area contributed by atoms with Gasteiger partial charge in [0.05, 0.1) is 13.2 Å². The topological polar surface area (TPSA) is 73.2 Å². The Kier molecular flexibility index (Phi) is 6.48. The summed E-state index contributed by atoms with van der Waals surface area (Å²) in [5, 5.41) is 8.89. The summed E-state index contributed by atoms with van der Waals surface area (Å²) in [7, 11) is 0. The van der Waals surface area contributed by atoms with Crippen LogP contribution in [0, 0.1) is 5.92 Å². The molecule has 2 fully saturated rings. The number of aliphatic imine (C=N–C) groups is 1. The molecule has 0 amide bonds. The summed E-state index contributed by atoms with van der Waals surface area (Å²) >= 11 is 0. The van der Waals surface area contributed by atoms with Crippen LogP contribution in [0.5, 0.6) is 0 Å². The van der Waals surface area contributed by atoms with E-state index < -0.39 is 5.92 Å².